The van der Waals surface area contributed by atoms with Gasteiger partial charge in [-0.15, -0.1) is 0 Å². The lowest BCUT2D eigenvalue weighted by Crippen LogP contribution is -2.29. The van der Waals surface area contributed by atoms with Gasteiger partial charge in [0.05, 0.1) is 42.8 Å². The number of rotatable bonds is 9. The number of carbonyl (C=O) groups excluding carboxylic acids is 1. The van der Waals surface area contributed by atoms with E-state index in [0.29, 0.717) is 29.2 Å². The number of methoxy groups -OCH3 is 2. The normalized spacial score (nSPS) is 11.1. The summed E-state index contributed by atoms with van der Waals surface area (Å²) in [6.45, 7) is 0.408. The molecule has 0 fully saturated rings. The Hall–Kier alpha value is -2.94. The van der Waals surface area contributed by atoms with Crippen LogP contribution in [-0.4, -0.2) is 46.7 Å². The highest BCUT2D eigenvalue weighted by atomic mass is 35.5. The van der Waals surface area contributed by atoms with E-state index in [4.69, 9.17) is 32.7 Å². The monoisotopic (exact) mass is 536 g/mol. The number of amides is 1. The first kappa shape index (κ1) is 26.7. The van der Waals surface area contributed by atoms with Crippen molar-refractivity contribution in [3.8, 4) is 11.5 Å². The second kappa shape index (κ2) is 11.2. The SMILES string of the molecule is COc1ccc(CN(C)C(=O)c2ccc(CN(c3cccc(Cl)c3Cl)S(C)(=O)=O)cc2)cc1OC. The molecule has 0 heterocycles. The molecular weight excluding hydrogens is 511 g/mol. The molecule has 0 aliphatic carbocycles. The van der Waals surface area contributed by atoms with Crippen molar-refractivity contribution in [1.29, 1.82) is 0 Å². The van der Waals surface area contributed by atoms with E-state index in [-0.39, 0.29) is 28.2 Å². The lowest BCUT2D eigenvalue weighted by molar-refractivity contribution is 0.0785. The maximum absolute atomic E-state index is 13.0. The van der Waals surface area contributed by atoms with Crippen LogP contribution >= 0.6 is 23.2 Å². The molecule has 0 radical (unpaired) electrons. The lowest BCUT2D eigenvalue weighted by Gasteiger charge is -2.24. The van der Waals surface area contributed by atoms with E-state index < -0.39 is 10.0 Å². The van der Waals surface area contributed by atoms with Gasteiger partial charge in [0.2, 0.25) is 10.0 Å². The number of ether oxygens (including phenoxy) is 2. The van der Waals surface area contributed by atoms with Crippen LogP contribution in [0.3, 0.4) is 0 Å². The van der Waals surface area contributed by atoms with Gasteiger partial charge in [-0.1, -0.05) is 47.5 Å². The topological polar surface area (TPSA) is 76.2 Å². The number of nitrogens with zero attached hydrogens (tertiary/aromatic N) is 2. The quantitative estimate of drug-likeness (QED) is 0.373. The molecular formula is C25H26Cl2N2O5S. The van der Waals surface area contributed by atoms with Gasteiger partial charge in [0.15, 0.2) is 11.5 Å². The summed E-state index contributed by atoms with van der Waals surface area (Å²) in [7, 11) is 1.19. The predicted molar refractivity (Wildman–Crippen MR) is 139 cm³/mol. The van der Waals surface area contributed by atoms with Crippen LogP contribution in [0.4, 0.5) is 5.69 Å². The number of anilines is 1. The highest BCUT2D eigenvalue weighted by Crippen LogP contribution is 2.34. The Bertz CT molecular complexity index is 1310. The fourth-order valence-corrected chi connectivity index (χ4v) is 4.87. The Morgan fingerprint density at radius 1 is 0.886 bits per heavy atom. The van der Waals surface area contributed by atoms with Gasteiger partial charge in [-0.2, -0.15) is 0 Å². The summed E-state index contributed by atoms with van der Waals surface area (Å²) < 4.78 is 36.7. The van der Waals surface area contributed by atoms with Crippen molar-refractivity contribution in [2.24, 2.45) is 0 Å². The molecule has 0 bridgehead atoms. The van der Waals surface area contributed by atoms with E-state index in [1.165, 1.54) is 4.31 Å². The average Bonchev–Trinajstić information content (AvgIpc) is 2.83. The minimum Gasteiger partial charge on any atom is -0.493 e. The van der Waals surface area contributed by atoms with Gasteiger partial charge in [-0.05, 0) is 47.5 Å². The minimum absolute atomic E-state index is 0.0366. The maximum Gasteiger partial charge on any atom is 0.253 e. The third-order valence-electron chi connectivity index (χ3n) is 5.34. The summed E-state index contributed by atoms with van der Waals surface area (Å²) in [6, 6.07) is 17.1. The van der Waals surface area contributed by atoms with Crippen LogP contribution in [0.25, 0.3) is 0 Å². The van der Waals surface area contributed by atoms with Crippen LogP contribution in [0.5, 0.6) is 11.5 Å². The van der Waals surface area contributed by atoms with Gasteiger partial charge < -0.3 is 14.4 Å². The summed E-state index contributed by atoms with van der Waals surface area (Å²) in [6.07, 6.45) is 1.10. The number of hydrogen-bond acceptors (Lipinski definition) is 5. The van der Waals surface area contributed by atoms with Gasteiger partial charge in [0.1, 0.15) is 0 Å². The van der Waals surface area contributed by atoms with Crippen LogP contribution in [0.15, 0.2) is 60.7 Å². The van der Waals surface area contributed by atoms with Gasteiger partial charge >= 0.3 is 0 Å². The first-order chi connectivity index (χ1) is 16.5. The number of carbonyl (C=O) groups is 1. The molecule has 0 N–H and O–H groups in total. The fourth-order valence-electron chi connectivity index (χ4n) is 3.53. The van der Waals surface area contributed by atoms with E-state index >= 15 is 0 Å². The third-order valence-corrected chi connectivity index (χ3v) is 7.28. The molecule has 0 saturated heterocycles. The van der Waals surface area contributed by atoms with Gasteiger partial charge in [0.25, 0.3) is 5.91 Å². The predicted octanol–water partition coefficient (Wildman–Crippen LogP) is 5.25. The number of halogens is 2. The van der Waals surface area contributed by atoms with E-state index in [2.05, 4.69) is 0 Å². The second-order valence-electron chi connectivity index (χ2n) is 7.89. The van der Waals surface area contributed by atoms with Crippen molar-refractivity contribution < 1.29 is 22.7 Å². The molecule has 186 valence electrons. The third kappa shape index (κ3) is 6.39. The molecule has 35 heavy (non-hydrogen) atoms. The van der Waals surface area contributed by atoms with Crippen molar-refractivity contribution >= 4 is 44.8 Å². The van der Waals surface area contributed by atoms with E-state index in [9.17, 15) is 13.2 Å². The van der Waals surface area contributed by atoms with Crippen molar-refractivity contribution in [3.63, 3.8) is 0 Å². The molecule has 1 amide bonds. The molecule has 3 aromatic carbocycles. The zero-order valence-corrected chi connectivity index (χ0v) is 22.1. The largest absolute Gasteiger partial charge is 0.493 e. The highest BCUT2D eigenvalue weighted by molar-refractivity contribution is 7.92. The minimum atomic E-state index is -3.64. The maximum atomic E-state index is 13.0. The van der Waals surface area contributed by atoms with Crippen LogP contribution in [0.2, 0.25) is 10.0 Å². The average molecular weight is 537 g/mol. The Labute approximate surface area is 215 Å². The van der Waals surface area contributed by atoms with Gasteiger partial charge in [-0.3, -0.25) is 9.10 Å². The van der Waals surface area contributed by atoms with Crippen molar-refractivity contribution in [3.05, 3.63) is 87.4 Å². The Morgan fingerprint density at radius 3 is 2.11 bits per heavy atom. The molecule has 0 aliphatic heterocycles. The summed E-state index contributed by atoms with van der Waals surface area (Å²) in [5.74, 6) is 1.03. The highest BCUT2D eigenvalue weighted by Gasteiger charge is 2.22. The summed E-state index contributed by atoms with van der Waals surface area (Å²) in [4.78, 5) is 14.5. The smallest absolute Gasteiger partial charge is 0.253 e. The molecule has 3 aromatic rings. The van der Waals surface area contributed by atoms with E-state index in [0.717, 1.165) is 11.8 Å². The Kier molecular flexibility index (Phi) is 8.53. The van der Waals surface area contributed by atoms with Crippen molar-refractivity contribution in [2.45, 2.75) is 13.1 Å². The first-order valence-electron chi connectivity index (χ1n) is 10.5. The number of benzene rings is 3. The molecule has 0 aromatic heterocycles. The Morgan fingerprint density at radius 2 is 1.51 bits per heavy atom. The molecule has 3 rings (SSSR count). The molecule has 0 unspecified atom stereocenters. The van der Waals surface area contributed by atoms with Crippen LogP contribution in [0, 0.1) is 0 Å². The standard InChI is InChI=1S/C25H26Cl2N2O5S/c1-28(15-18-10-13-22(33-2)23(14-18)34-3)25(30)19-11-8-17(9-12-19)16-29(35(4,31)32)21-7-5-6-20(26)24(21)27/h5-14H,15-16H2,1-4H3. The molecule has 0 saturated carbocycles. The molecule has 0 spiro atoms. The second-order valence-corrected chi connectivity index (χ2v) is 10.6. The first-order valence-corrected chi connectivity index (χ1v) is 13.1. The number of hydrogen-bond donors (Lipinski definition) is 0. The van der Waals surface area contributed by atoms with Gasteiger partial charge in [-0.25, -0.2) is 8.42 Å². The summed E-state index contributed by atoms with van der Waals surface area (Å²) in [5.41, 5.74) is 2.34. The lowest BCUT2D eigenvalue weighted by atomic mass is 10.1. The summed E-state index contributed by atoms with van der Waals surface area (Å²) in [5, 5.41) is 0.416. The molecule has 0 atom stereocenters. The van der Waals surface area contributed by atoms with Gasteiger partial charge in [0, 0.05) is 19.2 Å². The summed E-state index contributed by atoms with van der Waals surface area (Å²) >= 11 is 12.3. The van der Waals surface area contributed by atoms with Crippen LogP contribution < -0.4 is 13.8 Å². The van der Waals surface area contributed by atoms with E-state index in [1.807, 2.05) is 12.1 Å². The molecule has 7 nitrogen and oxygen atoms in total. The van der Waals surface area contributed by atoms with Crippen molar-refractivity contribution in [1.82, 2.24) is 4.90 Å². The van der Waals surface area contributed by atoms with Crippen LogP contribution in [0.1, 0.15) is 21.5 Å². The van der Waals surface area contributed by atoms with E-state index in [1.54, 1.807) is 74.7 Å². The molecule has 0 aliphatic rings. The zero-order chi connectivity index (χ0) is 25.8. The number of sulfonamides is 1. The molecule has 10 heteroatoms. The zero-order valence-electron chi connectivity index (χ0n) is 19.8. The van der Waals surface area contributed by atoms with Crippen LogP contribution in [-0.2, 0) is 23.1 Å². The Balaban J connectivity index is 1.76. The van der Waals surface area contributed by atoms with Crippen molar-refractivity contribution in [2.75, 3.05) is 31.8 Å². The fraction of sp³-hybridized carbons (Fsp3) is 0.240.